The zero-order valence-corrected chi connectivity index (χ0v) is 14.0. The zero-order valence-electron chi connectivity index (χ0n) is 13.3. The molecule has 3 aromatic heterocycles. The second kappa shape index (κ2) is 6.81. The van der Waals surface area contributed by atoms with Gasteiger partial charge in [0, 0.05) is 37.5 Å². The average molecular weight is 362 g/mol. The third-order valence-electron chi connectivity index (χ3n) is 4.27. The second-order valence-corrected chi connectivity index (χ2v) is 6.29. The molecule has 0 saturated carbocycles. The highest BCUT2D eigenvalue weighted by Gasteiger charge is 2.21. The number of nitrogens with one attached hydrogen (secondary N) is 2. The first-order valence-corrected chi connectivity index (χ1v) is 8.42. The Morgan fingerprint density at radius 2 is 2.24 bits per heavy atom. The van der Waals surface area contributed by atoms with Crippen LogP contribution in [0.3, 0.4) is 0 Å². The molecule has 1 aliphatic heterocycles. The number of amides is 1. The molecule has 0 aromatic carbocycles. The standard InChI is InChI=1S/C16H16ClN5O3/c17-12-10-1-4-18-13(10)19-8-11(12)14-21-16(25-22-14)15(23)20-7-9-2-5-24-6-3-9/h1,4,8-9H,2-3,5-7H2,(H,18,19)(H,20,23). The minimum atomic E-state index is -0.392. The van der Waals surface area contributed by atoms with Gasteiger partial charge in [-0.25, -0.2) is 4.98 Å². The lowest BCUT2D eigenvalue weighted by Crippen LogP contribution is -2.32. The maximum Gasteiger partial charge on any atom is 0.316 e. The van der Waals surface area contributed by atoms with Crippen LogP contribution in [0.25, 0.3) is 22.4 Å². The van der Waals surface area contributed by atoms with E-state index in [1.807, 2.05) is 6.07 Å². The Kier molecular flexibility index (Phi) is 4.37. The Bertz CT molecular complexity index is 900. The molecule has 1 saturated heterocycles. The van der Waals surface area contributed by atoms with Gasteiger partial charge >= 0.3 is 11.8 Å². The van der Waals surface area contributed by atoms with E-state index in [2.05, 4.69) is 25.4 Å². The minimum absolute atomic E-state index is 0.0905. The van der Waals surface area contributed by atoms with Gasteiger partial charge in [0.05, 0.1) is 10.6 Å². The van der Waals surface area contributed by atoms with Crippen LogP contribution in [0.15, 0.2) is 23.0 Å². The summed E-state index contributed by atoms with van der Waals surface area (Å²) in [4.78, 5) is 23.6. The molecule has 25 heavy (non-hydrogen) atoms. The van der Waals surface area contributed by atoms with Crippen LogP contribution in [-0.2, 0) is 4.74 Å². The number of aromatic nitrogens is 4. The molecule has 0 unspecified atom stereocenters. The molecule has 0 bridgehead atoms. The van der Waals surface area contributed by atoms with Crippen molar-refractivity contribution in [2.75, 3.05) is 19.8 Å². The van der Waals surface area contributed by atoms with Crippen molar-refractivity contribution in [3.8, 4) is 11.4 Å². The quantitative estimate of drug-likeness (QED) is 0.739. The van der Waals surface area contributed by atoms with E-state index in [9.17, 15) is 4.79 Å². The number of H-pyrrole nitrogens is 1. The number of aromatic amines is 1. The van der Waals surface area contributed by atoms with Crippen LogP contribution in [0.1, 0.15) is 23.5 Å². The molecule has 130 valence electrons. The van der Waals surface area contributed by atoms with Gasteiger partial charge in [-0.1, -0.05) is 16.8 Å². The molecule has 0 radical (unpaired) electrons. The summed E-state index contributed by atoms with van der Waals surface area (Å²) < 4.78 is 10.4. The van der Waals surface area contributed by atoms with Crippen molar-refractivity contribution in [2.45, 2.75) is 12.8 Å². The Morgan fingerprint density at radius 3 is 3.08 bits per heavy atom. The molecule has 0 atom stereocenters. The highest BCUT2D eigenvalue weighted by molar-refractivity contribution is 6.37. The smallest absolute Gasteiger partial charge is 0.316 e. The van der Waals surface area contributed by atoms with Crippen LogP contribution in [0.2, 0.25) is 5.02 Å². The Labute approximate surface area is 147 Å². The fraction of sp³-hybridized carbons (Fsp3) is 0.375. The number of pyridine rings is 1. The van der Waals surface area contributed by atoms with Crippen LogP contribution in [0.4, 0.5) is 0 Å². The SMILES string of the molecule is O=C(NCC1CCOCC1)c1nc(-c2cnc3[nH]ccc3c2Cl)no1. The molecule has 1 fully saturated rings. The Hall–Kier alpha value is -2.45. The van der Waals surface area contributed by atoms with E-state index in [1.165, 1.54) is 0 Å². The van der Waals surface area contributed by atoms with E-state index < -0.39 is 5.91 Å². The molecule has 1 amide bonds. The normalized spacial score (nSPS) is 15.6. The van der Waals surface area contributed by atoms with Crippen molar-refractivity contribution in [1.82, 2.24) is 25.4 Å². The summed E-state index contributed by atoms with van der Waals surface area (Å²) in [7, 11) is 0. The number of hydrogen-bond acceptors (Lipinski definition) is 6. The van der Waals surface area contributed by atoms with Gasteiger partial charge in [-0.2, -0.15) is 4.98 Å². The predicted molar refractivity (Wildman–Crippen MR) is 90.3 cm³/mol. The van der Waals surface area contributed by atoms with Gasteiger partial charge < -0.3 is 19.6 Å². The van der Waals surface area contributed by atoms with Gasteiger partial charge in [0.15, 0.2) is 0 Å². The van der Waals surface area contributed by atoms with E-state index in [0.29, 0.717) is 28.7 Å². The number of fused-ring (bicyclic) bond motifs is 1. The van der Waals surface area contributed by atoms with Gasteiger partial charge in [-0.3, -0.25) is 4.79 Å². The predicted octanol–water partition coefficient (Wildman–Crippen LogP) is 2.42. The summed E-state index contributed by atoms with van der Waals surface area (Å²) in [5.74, 6) is 0.163. The number of ether oxygens (including phenoxy) is 1. The number of hydrogen-bond donors (Lipinski definition) is 2. The number of carbonyl (C=O) groups excluding carboxylic acids is 1. The third-order valence-corrected chi connectivity index (χ3v) is 4.68. The first-order chi connectivity index (χ1) is 12.2. The van der Waals surface area contributed by atoms with Crippen LogP contribution >= 0.6 is 11.6 Å². The molecular weight excluding hydrogens is 346 g/mol. The Morgan fingerprint density at radius 1 is 1.40 bits per heavy atom. The fourth-order valence-electron chi connectivity index (χ4n) is 2.82. The lowest BCUT2D eigenvalue weighted by molar-refractivity contribution is 0.0636. The Balaban J connectivity index is 1.48. The van der Waals surface area contributed by atoms with Crippen molar-refractivity contribution in [3.05, 3.63) is 29.4 Å². The molecule has 9 heteroatoms. The molecule has 4 rings (SSSR count). The summed E-state index contributed by atoms with van der Waals surface area (Å²) in [6.45, 7) is 2.04. The fourth-order valence-corrected chi connectivity index (χ4v) is 3.11. The summed E-state index contributed by atoms with van der Waals surface area (Å²) in [6.07, 6.45) is 5.18. The van der Waals surface area contributed by atoms with Gasteiger partial charge in [0.2, 0.25) is 5.82 Å². The highest BCUT2D eigenvalue weighted by Crippen LogP contribution is 2.31. The maximum atomic E-state index is 12.2. The van der Waals surface area contributed by atoms with Crippen LogP contribution in [-0.4, -0.2) is 45.8 Å². The average Bonchev–Trinajstić information content (AvgIpc) is 3.30. The van der Waals surface area contributed by atoms with Crippen molar-refractivity contribution in [3.63, 3.8) is 0 Å². The van der Waals surface area contributed by atoms with Gasteiger partial charge in [-0.05, 0) is 24.8 Å². The van der Waals surface area contributed by atoms with E-state index in [4.69, 9.17) is 20.9 Å². The van der Waals surface area contributed by atoms with Crippen molar-refractivity contribution in [1.29, 1.82) is 0 Å². The summed E-state index contributed by atoms with van der Waals surface area (Å²) in [5, 5.41) is 7.90. The number of nitrogens with zero attached hydrogens (tertiary/aromatic N) is 3. The third kappa shape index (κ3) is 3.22. The highest BCUT2D eigenvalue weighted by atomic mass is 35.5. The monoisotopic (exact) mass is 361 g/mol. The van der Waals surface area contributed by atoms with Crippen LogP contribution in [0.5, 0.6) is 0 Å². The van der Waals surface area contributed by atoms with Crippen molar-refractivity contribution >= 4 is 28.5 Å². The second-order valence-electron chi connectivity index (χ2n) is 5.91. The van der Waals surface area contributed by atoms with Crippen molar-refractivity contribution in [2.24, 2.45) is 5.92 Å². The van der Waals surface area contributed by atoms with E-state index in [0.717, 1.165) is 31.4 Å². The van der Waals surface area contributed by atoms with Gasteiger partial charge in [0.1, 0.15) is 5.65 Å². The largest absolute Gasteiger partial charge is 0.381 e. The van der Waals surface area contributed by atoms with E-state index >= 15 is 0 Å². The summed E-state index contributed by atoms with van der Waals surface area (Å²) >= 11 is 6.37. The molecule has 0 spiro atoms. The number of carbonyl (C=O) groups is 1. The van der Waals surface area contributed by atoms with Gasteiger partial charge in [-0.15, -0.1) is 0 Å². The lowest BCUT2D eigenvalue weighted by atomic mass is 10.0. The van der Waals surface area contributed by atoms with E-state index in [-0.39, 0.29) is 11.7 Å². The zero-order chi connectivity index (χ0) is 17.2. The van der Waals surface area contributed by atoms with E-state index in [1.54, 1.807) is 12.4 Å². The maximum absolute atomic E-state index is 12.2. The molecule has 2 N–H and O–H groups in total. The molecular formula is C16H16ClN5O3. The summed E-state index contributed by atoms with van der Waals surface area (Å²) in [6, 6.07) is 1.82. The van der Waals surface area contributed by atoms with Crippen LogP contribution < -0.4 is 5.32 Å². The molecule has 0 aliphatic carbocycles. The van der Waals surface area contributed by atoms with Crippen molar-refractivity contribution < 1.29 is 14.1 Å². The molecule has 1 aliphatic rings. The minimum Gasteiger partial charge on any atom is -0.381 e. The topological polar surface area (TPSA) is 106 Å². The first kappa shape index (κ1) is 16.0. The first-order valence-electron chi connectivity index (χ1n) is 8.04. The number of halogens is 1. The molecule has 4 heterocycles. The molecule has 3 aromatic rings. The molecule has 8 nitrogen and oxygen atoms in total. The van der Waals surface area contributed by atoms with Gasteiger partial charge in [0.25, 0.3) is 0 Å². The lowest BCUT2D eigenvalue weighted by Gasteiger charge is -2.21. The van der Waals surface area contributed by atoms with Crippen LogP contribution in [0, 0.1) is 5.92 Å². The number of rotatable bonds is 4. The summed E-state index contributed by atoms with van der Waals surface area (Å²) in [5.41, 5.74) is 1.19.